The fraction of sp³-hybridized carbons (Fsp3) is 0.300. The maximum Gasteiger partial charge on any atom is 0.290 e. The number of para-hydroxylation sites is 1. The highest BCUT2D eigenvalue weighted by Crippen LogP contribution is 2.34. The number of aliphatic hydroxyl groups excluding tert-OH is 1. The SMILES string of the molecule is COc1cccc(-c2nc(N3CCC(O)C(F)(F)C3)c3ccccc3n2)c1. The van der Waals surface area contributed by atoms with Crippen LogP contribution in [0.15, 0.2) is 48.5 Å². The van der Waals surface area contributed by atoms with Crippen molar-refractivity contribution in [2.75, 3.05) is 25.1 Å². The van der Waals surface area contributed by atoms with Crippen LogP contribution in [0.3, 0.4) is 0 Å². The van der Waals surface area contributed by atoms with Crippen LogP contribution in [0.1, 0.15) is 6.42 Å². The Kier molecular flexibility index (Phi) is 4.39. The second-order valence-electron chi connectivity index (χ2n) is 6.61. The first kappa shape index (κ1) is 17.6. The van der Waals surface area contributed by atoms with Crippen LogP contribution in [0.25, 0.3) is 22.3 Å². The minimum Gasteiger partial charge on any atom is -0.497 e. The van der Waals surface area contributed by atoms with Gasteiger partial charge >= 0.3 is 0 Å². The van der Waals surface area contributed by atoms with Gasteiger partial charge in [-0.25, -0.2) is 18.7 Å². The number of nitrogens with zero attached hydrogens (tertiary/aromatic N) is 3. The number of piperidine rings is 1. The summed E-state index contributed by atoms with van der Waals surface area (Å²) in [5.41, 5.74) is 1.42. The first-order valence-corrected chi connectivity index (χ1v) is 8.70. The maximum absolute atomic E-state index is 14.1. The molecule has 3 aromatic rings. The summed E-state index contributed by atoms with van der Waals surface area (Å²) < 4.78 is 33.5. The zero-order valence-corrected chi connectivity index (χ0v) is 14.8. The predicted octanol–water partition coefficient (Wildman–Crippen LogP) is 3.51. The molecule has 7 heteroatoms. The number of aromatic nitrogens is 2. The van der Waals surface area contributed by atoms with Crippen LogP contribution in [0.5, 0.6) is 5.75 Å². The number of hydrogen-bond acceptors (Lipinski definition) is 5. The van der Waals surface area contributed by atoms with E-state index in [1.54, 1.807) is 7.11 Å². The van der Waals surface area contributed by atoms with E-state index in [9.17, 15) is 13.9 Å². The van der Waals surface area contributed by atoms with Crippen molar-refractivity contribution in [1.82, 2.24) is 9.97 Å². The smallest absolute Gasteiger partial charge is 0.290 e. The van der Waals surface area contributed by atoms with Crippen molar-refractivity contribution in [1.29, 1.82) is 0 Å². The van der Waals surface area contributed by atoms with Gasteiger partial charge in [0.2, 0.25) is 0 Å². The molecule has 0 bridgehead atoms. The molecule has 0 amide bonds. The number of alkyl halides is 2. The van der Waals surface area contributed by atoms with Crippen molar-refractivity contribution in [2.45, 2.75) is 18.4 Å². The molecule has 0 spiro atoms. The average molecular weight is 371 g/mol. The van der Waals surface area contributed by atoms with Gasteiger partial charge in [0.15, 0.2) is 5.82 Å². The van der Waals surface area contributed by atoms with E-state index in [1.165, 1.54) is 4.90 Å². The van der Waals surface area contributed by atoms with Crippen LogP contribution in [-0.2, 0) is 0 Å². The molecular formula is C20H19F2N3O2. The normalized spacial score (nSPS) is 19.3. The lowest BCUT2D eigenvalue weighted by molar-refractivity contribution is -0.113. The summed E-state index contributed by atoms with van der Waals surface area (Å²) in [4.78, 5) is 10.7. The Balaban J connectivity index is 1.84. The van der Waals surface area contributed by atoms with Gasteiger partial charge in [-0.05, 0) is 30.7 Å². The second kappa shape index (κ2) is 6.74. The number of methoxy groups -OCH3 is 1. The molecule has 1 unspecified atom stereocenters. The maximum atomic E-state index is 14.1. The molecule has 1 saturated heterocycles. The minimum atomic E-state index is -3.18. The molecule has 1 aromatic heterocycles. The summed E-state index contributed by atoms with van der Waals surface area (Å²) in [7, 11) is 1.58. The van der Waals surface area contributed by atoms with Crippen LogP contribution in [0.2, 0.25) is 0 Å². The van der Waals surface area contributed by atoms with Gasteiger partial charge in [-0.3, -0.25) is 0 Å². The summed E-state index contributed by atoms with van der Waals surface area (Å²) in [5, 5.41) is 10.3. The Morgan fingerprint density at radius 2 is 1.96 bits per heavy atom. The molecule has 1 atom stereocenters. The first-order chi connectivity index (χ1) is 13.0. The third-order valence-corrected chi connectivity index (χ3v) is 4.77. The molecule has 1 aliphatic heterocycles. The van der Waals surface area contributed by atoms with Crippen molar-refractivity contribution < 1.29 is 18.6 Å². The Bertz CT molecular complexity index is 980. The number of hydrogen-bond donors (Lipinski definition) is 1. The van der Waals surface area contributed by atoms with Crippen LogP contribution >= 0.6 is 0 Å². The predicted molar refractivity (Wildman–Crippen MR) is 99.3 cm³/mol. The highest BCUT2D eigenvalue weighted by atomic mass is 19.3. The largest absolute Gasteiger partial charge is 0.497 e. The number of halogens is 2. The van der Waals surface area contributed by atoms with Crippen LogP contribution in [0, 0.1) is 0 Å². The molecule has 140 valence electrons. The van der Waals surface area contributed by atoms with Gasteiger partial charge < -0.3 is 14.7 Å². The summed E-state index contributed by atoms with van der Waals surface area (Å²) in [5.74, 6) is -1.62. The standard InChI is InChI=1S/C20H19F2N3O2/c1-27-14-6-4-5-13(11-14)18-23-16-8-3-2-7-15(16)19(24-18)25-10-9-17(26)20(21,22)12-25/h2-8,11,17,26H,9-10,12H2,1H3. The number of benzene rings is 2. The second-order valence-corrected chi connectivity index (χ2v) is 6.61. The molecule has 0 saturated carbocycles. The van der Waals surface area contributed by atoms with E-state index in [2.05, 4.69) is 9.97 Å². The Morgan fingerprint density at radius 1 is 1.15 bits per heavy atom. The quantitative estimate of drug-likeness (QED) is 0.764. The molecule has 0 aliphatic carbocycles. The van der Waals surface area contributed by atoms with Crippen molar-refractivity contribution in [2.24, 2.45) is 0 Å². The zero-order chi connectivity index (χ0) is 19.0. The lowest BCUT2D eigenvalue weighted by atomic mass is 10.0. The van der Waals surface area contributed by atoms with Gasteiger partial charge in [0.05, 0.1) is 19.2 Å². The van der Waals surface area contributed by atoms with Gasteiger partial charge in [0.25, 0.3) is 5.92 Å². The fourth-order valence-corrected chi connectivity index (χ4v) is 3.30. The van der Waals surface area contributed by atoms with Crippen LogP contribution in [0.4, 0.5) is 14.6 Å². The molecule has 0 radical (unpaired) electrons. The number of rotatable bonds is 3. The molecule has 2 heterocycles. The molecule has 27 heavy (non-hydrogen) atoms. The van der Waals surface area contributed by atoms with Crippen molar-refractivity contribution in [3.63, 3.8) is 0 Å². The van der Waals surface area contributed by atoms with Crippen molar-refractivity contribution >= 4 is 16.7 Å². The van der Waals surface area contributed by atoms with Crippen LogP contribution < -0.4 is 9.64 Å². The van der Waals surface area contributed by atoms with E-state index in [1.807, 2.05) is 48.5 Å². The van der Waals surface area contributed by atoms with Crippen molar-refractivity contribution in [3.05, 3.63) is 48.5 Å². The van der Waals surface area contributed by atoms with Gasteiger partial charge in [-0.2, -0.15) is 0 Å². The summed E-state index contributed by atoms with van der Waals surface area (Å²) in [6, 6.07) is 14.6. The third kappa shape index (κ3) is 3.30. The van der Waals surface area contributed by atoms with E-state index in [0.717, 1.165) is 5.56 Å². The highest BCUT2D eigenvalue weighted by Gasteiger charge is 2.44. The number of aliphatic hydroxyl groups is 1. The van der Waals surface area contributed by atoms with Gasteiger partial charge in [0, 0.05) is 17.5 Å². The van der Waals surface area contributed by atoms with Gasteiger partial charge in [0.1, 0.15) is 17.7 Å². The molecule has 2 aromatic carbocycles. The number of ether oxygens (including phenoxy) is 1. The molecular weight excluding hydrogens is 352 g/mol. The molecule has 1 N–H and O–H groups in total. The third-order valence-electron chi connectivity index (χ3n) is 4.77. The monoisotopic (exact) mass is 371 g/mol. The highest BCUT2D eigenvalue weighted by molar-refractivity contribution is 5.91. The minimum absolute atomic E-state index is 0.0141. The summed E-state index contributed by atoms with van der Waals surface area (Å²) in [6.45, 7) is -0.276. The fourth-order valence-electron chi connectivity index (χ4n) is 3.30. The van der Waals surface area contributed by atoms with Crippen LogP contribution in [-0.4, -0.2) is 47.3 Å². The van der Waals surface area contributed by atoms with Crippen molar-refractivity contribution in [3.8, 4) is 17.1 Å². The average Bonchev–Trinajstić information content (AvgIpc) is 2.69. The summed E-state index contributed by atoms with van der Waals surface area (Å²) >= 11 is 0. The lowest BCUT2D eigenvalue weighted by Crippen LogP contribution is -2.52. The topological polar surface area (TPSA) is 58.5 Å². The number of fused-ring (bicyclic) bond motifs is 1. The molecule has 1 fully saturated rings. The van der Waals surface area contributed by atoms with E-state index in [-0.39, 0.29) is 6.42 Å². The van der Waals surface area contributed by atoms with E-state index in [4.69, 9.17) is 4.74 Å². The van der Waals surface area contributed by atoms with E-state index >= 15 is 0 Å². The van der Waals surface area contributed by atoms with Gasteiger partial charge in [-0.15, -0.1) is 0 Å². The lowest BCUT2D eigenvalue weighted by Gasteiger charge is -2.37. The van der Waals surface area contributed by atoms with E-state index in [0.29, 0.717) is 34.8 Å². The molecule has 5 nitrogen and oxygen atoms in total. The van der Waals surface area contributed by atoms with E-state index < -0.39 is 18.6 Å². The Morgan fingerprint density at radius 3 is 2.74 bits per heavy atom. The first-order valence-electron chi connectivity index (χ1n) is 8.70. The molecule has 4 rings (SSSR count). The number of anilines is 1. The Hall–Kier alpha value is -2.80. The molecule has 1 aliphatic rings. The Labute approximate surface area is 155 Å². The zero-order valence-electron chi connectivity index (χ0n) is 14.8. The van der Waals surface area contributed by atoms with Gasteiger partial charge in [-0.1, -0.05) is 24.3 Å². The summed E-state index contributed by atoms with van der Waals surface area (Å²) in [6.07, 6.45) is -1.64.